The molecule has 1 heterocycles. The number of anilines is 1. The minimum atomic E-state index is -1.07. The average Bonchev–Trinajstić information content (AvgIpc) is 2.64. The smallest absolute Gasteiger partial charge is 0.337 e. The van der Waals surface area contributed by atoms with Crippen molar-refractivity contribution in [3.63, 3.8) is 0 Å². The largest absolute Gasteiger partial charge is 0.478 e. The van der Waals surface area contributed by atoms with Crippen molar-refractivity contribution in [1.29, 1.82) is 0 Å². The lowest BCUT2D eigenvalue weighted by atomic mass is 10.1. The first-order valence-corrected chi connectivity index (χ1v) is 5.36. The normalized spacial score (nSPS) is 20.1. The third-order valence-electron chi connectivity index (χ3n) is 2.96. The van der Waals surface area contributed by atoms with Crippen molar-refractivity contribution >= 4 is 11.7 Å². The van der Waals surface area contributed by atoms with Gasteiger partial charge in [0.05, 0.1) is 11.3 Å². The van der Waals surface area contributed by atoms with Crippen molar-refractivity contribution in [2.45, 2.75) is 13.3 Å². The van der Waals surface area contributed by atoms with E-state index in [1.165, 1.54) is 18.2 Å². The van der Waals surface area contributed by atoms with Crippen LogP contribution < -0.4 is 4.90 Å². The van der Waals surface area contributed by atoms with Crippen LogP contribution in [0.2, 0.25) is 0 Å². The molecule has 3 nitrogen and oxygen atoms in total. The molecule has 0 bridgehead atoms. The van der Waals surface area contributed by atoms with Gasteiger partial charge in [0, 0.05) is 13.1 Å². The second kappa shape index (κ2) is 4.12. The van der Waals surface area contributed by atoms with Crippen LogP contribution >= 0.6 is 0 Å². The van der Waals surface area contributed by atoms with E-state index in [2.05, 4.69) is 6.92 Å². The van der Waals surface area contributed by atoms with Crippen LogP contribution in [0.4, 0.5) is 10.1 Å². The van der Waals surface area contributed by atoms with Crippen LogP contribution in [-0.2, 0) is 0 Å². The van der Waals surface area contributed by atoms with Gasteiger partial charge < -0.3 is 10.0 Å². The predicted molar refractivity (Wildman–Crippen MR) is 59.4 cm³/mol. The minimum absolute atomic E-state index is 0.0501. The van der Waals surface area contributed by atoms with Gasteiger partial charge in [0.2, 0.25) is 0 Å². The van der Waals surface area contributed by atoms with E-state index in [1.807, 2.05) is 4.90 Å². The molecule has 1 unspecified atom stereocenters. The second-order valence-electron chi connectivity index (χ2n) is 4.28. The maximum absolute atomic E-state index is 13.7. The molecule has 1 fully saturated rings. The van der Waals surface area contributed by atoms with Gasteiger partial charge >= 0.3 is 5.97 Å². The summed E-state index contributed by atoms with van der Waals surface area (Å²) in [6, 6.07) is 4.19. The highest BCUT2D eigenvalue weighted by Crippen LogP contribution is 2.29. The zero-order valence-electron chi connectivity index (χ0n) is 9.11. The lowest BCUT2D eigenvalue weighted by Crippen LogP contribution is -2.23. The predicted octanol–water partition coefficient (Wildman–Crippen LogP) is 2.37. The molecule has 16 heavy (non-hydrogen) atoms. The van der Waals surface area contributed by atoms with Crippen LogP contribution in [0.3, 0.4) is 0 Å². The Morgan fingerprint density at radius 2 is 2.31 bits per heavy atom. The van der Waals surface area contributed by atoms with Crippen molar-refractivity contribution in [3.8, 4) is 0 Å². The summed E-state index contributed by atoms with van der Waals surface area (Å²) in [5, 5.41) is 9.02. The summed E-state index contributed by atoms with van der Waals surface area (Å²) in [6.07, 6.45) is 0.980. The molecule has 0 amide bonds. The van der Waals surface area contributed by atoms with E-state index in [-0.39, 0.29) is 11.3 Å². The van der Waals surface area contributed by atoms with Gasteiger partial charge in [0.15, 0.2) is 0 Å². The SMILES string of the molecule is CC1CCN(c2c(F)cccc2C(=O)O)C1. The fraction of sp³-hybridized carbons (Fsp3) is 0.417. The molecule has 0 aliphatic carbocycles. The van der Waals surface area contributed by atoms with Crippen LogP contribution in [0, 0.1) is 11.7 Å². The molecule has 86 valence electrons. The maximum atomic E-state index is 13.7. The molecule has 1 saturated heterocycles. The van der Waals surface area contributed by atoms with E-state index in [9.17, 15) is 9.18 Å². The Morgan fingerprint density at radius 3 is 2.88 bits per heavy atom. The number of carbonyl (C=O) groups is 1. The van der Waals surface area contributed by atoms with E-state index in [0.717, 1.165) is 19.5 Å². The van der Waals surface area contributed by atoms with Crippen LogP contribution in [-0.4, -0.2) is 24.2 Å². The Kier molecular flexibility index (Phi) is 2.81. The van der Waals surface area contributed by atoms with Gasteiger partial charge in [-0.1, -0.05) is 13.0 Å². The van der Waals surface area contributed by atoms with Crippen molar-refractivity contribution in [1.82, 2.24) is 0 Å². The van der Waals surface area contributed by atoms with Crippen molar-refractivity contribution in [2.24, 2.45) is 5.92 Å². The van der Waals surface area contributed by atoms with Crippen LogP contribution in [0.25, 0.3) is 0 Å². The number of benzene rings is 1. The minimum Gasteiger partial charge on any atom is -0.478 e. The quantitative estimate of drug-likeness (QED) is 0.836. The Balaban J connectivity index is 2.42. The molecule has 0 spiro atoms. The number of hydrogen-bond donors (Lipinski definition) is 1. The summed E-state index contributed by atoms with van der Waals surface area (Å²) in [7, 11) is 0. The summed E-state index contributed by atoms with van der Waals surface area (Å²) < 4.78 is 13.7. The Labute approximate surface area is 93.5 Å². The summed E-state index contributed by atoms with van der Waals surface area (Å²) in [4.78, 5) is 12.8. The standard InChI is InChI=1S/C12H14FNO2/c1-8-5-6-14(7-8)11-9(12(15)16)3-2-4-10(11)13/h2-4,8H,5-7H2,1H3,(H,15,16). The van der Waals surface area contributed by atoms with Gasteiger partial charge in [-0.3, -0.25) is 0 Å². The fourth-order valence-corrected chi connectivity index (χ4v) is 2.15. The lowest BCUT2D eigenvalue weighted by molar-refractivity contribution is 0.0697. The molecule has 1 aromatic carbocycles. The number of rotatable bonds is 2. The number of halogens is 1. The topological polar surface area (TPSA) is 40.5 Å². The van der Waals surface area contributed by atoms with Gasteiger partial charge in [0.1, 0.15) is 5.82 Å². The Morgan fingerprint density at radius 1 is 1.56 bits per heavy atom. The van der Waals surface area contributed by atoms with E-state index in [4.69, 9.17) is 5.11 Å². The maximum Gasteiger partial charge on any atom is 0.337 e. The van der Waals surface area contributed by atoms with Crippen LogP contribution in [0.15, 0.2) is 18.2 Å². The molecule has 0 aromatic heterocycles. The van der Waals surface area contributed by atoms with Crippen LogP contribution in [0.5, 0.6) is 0 Å². The van der Waals surface area contributed by atoms with E-state index < -0.39 is 11.8 Å². The molecule has 0 saturated carbocycles. The van der Waals surface area contributed by atoms with E-state index in [0.29, 0.717) is 5.92 Å². The molecule has 1 aliphatic rings. The zero-order valence-corrected chi connectivity index (χ0v) is 9.11. The molecule has 0 radical (unpaired) electrons. The first-order valence-electron chi connectivity index (χ1n) is 5.36. The summed E-state index contributed by atoms with van der Waals surface area (Å²) in [5.74, 6) is -1.04. The number of para-hydroxylation sites is 1. The van der Waals surface area contributed by atoms with Gasteiger partial charge in [-0.2, -0.15) is 0 Å². The van der Waals surface area contributed by atoms with Gasteiger partial charge in [-0.25, -0.2) is 9.18 Å². The molecule has 1 aliphatic heterocycles. The molecular weight excluding hydrogens is 209 g/mol. The van der Waals surface area contributed by atoms with Gasteiger partial charge in [-0.15, -0.1) is 0 Å². The second-order valence-corrected chi connectivity index (χ2v) is 4.28. The number of nitrogens with zero attached hydrogens (tertiary/aromatic N) is 1. The van der Waals surface area contributed by atoms with Gasteiger partial charge in [0.25, 0.3) is 0 Å². The summed E-state index contributed by atoms with van der Waals surface area (Å²) in [6.45, 7) is 3.53. The lowest BCUT2D eigenvalue weighted by Gasteiger charge is -2.20. The molecular formula is C12H14FNO2. The molecule has 1 aromatic rings. The third kappa shape index (κ3) is 1.87. The molecule has 1 N–H and O–H groups in total. The number of aromatic carboxylic acids is 1. The summed E-state index contributed by atoms with van der Waals surface area (Å²) >= 11 is 0. The Bertz CT molecular complexity index is 419. The van der Waals surface area contributed by atoms with Crippen molar-refractivity contribution < 1.29 is 14.3 Å². The Hall–Kier alpha value is -1.58. The number of carboxylic acids is 1. The third-order valence-corrected chi connectivity index (χ3v) is 2.96. The molecule has 2 rings (SSSR count). The molecule has 1 atom stereocenters. The monoisotopic (exact) mass is 223 g/mol. The highest BCUT2D eigenvalue weighted by molar-refractivity contribution is 5.94. The number of hydrogen-bond acceptors (Lipinski definition) is 2. The highest BCUT2D eigenvalue weighted by atomic mass is 19.1. The molecule has 4 heteroatoms. The zero-order chi connectivity index (χ0) is 11.7. The van der Waals surface area contributed by atoms with Crippen molar-refractivity contribution in [2.75, 3.05) is 18.0 Å². The van der Waals surface area contributed by atoms with Crippen LogP contribution in [0.1, 0.15) is 23.7 Å². The average molecular weight is 223 g/mol. The van der Waals surface area contributed by atoms with Gasteiger partial charge in [-0.05, 0) is 24.5 Å². The van der Waals surface area contributed by atoms with Crippen molar-refractivity contribution in [3.05, 3.63) is 29.6 Å². The number of carboxylic acid groups (broad SMARTS) is 1. The van der Waals surface area contributed by atoms with E-state index >= 15 is 0 Å². The highest BCUT2D eigenvalue weighted by Gasteiger charge is 2.25. The first kappa shape index (κ1) is 10.9. The van der Waals surface area contributed by atoms with E-state index in [1.54, 1.807) is 0 Å². The fourth-order valence-electron chi connectivity index (χ4n) is 2.15. The first-order chi connectivity index (χ1) is 7.59. The summed E-state index contributed by atoms with van der Waals surface area (Å²) in [5.41, 5.74) is 0.286.